The fraction of sp³-hybridized carbons (Fsp3) is 0.375. The Hall–Kier alpha value is -3.35. The number of piperazine rings is 1. The van der Waals surface area contributed by atoms with Crippen molar-refractivity contribution in [3.05, 3.63) is 59.8 Å². The van der Waals surface area contributed by atoms with Crippen molar-refractivity contribution in [2.45, 2.75) is 32.9 Å². The highest BCUT2D eigenvalue weighted by molar-refractivity contribution is 5.94. The van der Waals surface area contributed by atoms with E-state index in [2.05, 4.69) is 5.10 Å². The summed E-state index contributed by atoms with van der Waals surface area (Å²) < 4.78 is 7.92. The third-order valence-electron chi connectivity index (χ3n) is 5.88. The second-order valence-electron chi connectivity index (χ2n) is 8.12. The fourth-order valence-electron chi connectivity index (χ4n) is 4.29. The highest BCUT2D eigenvalue weighted by Gasteiger charge is 2.33. The standard InChI is InChI=1S/C24H28N4O3/c1-16-15-27(24(30)19-9-6-5-7-10-19)13-14-28(16)23(29)18(3)31-21-12-8-11-20-22(21)17(2)25-26(20)4/h5-12,16,18H,13-15H2,1-4H3. The molecule has 162 valence electrons. The second-order valence-corrected chi connectivity index (χ2v) is 8.12. The number of aryl methyl sites for hydroxylation is 2. The van der Waals surface area contributed by atoms with Gasteiger partial charge in [0.05, 0.1) is 16.6 Å². The van der Waals surface area contributed by atoms with Gasteiger partial charge in [-0.2, -0.15) is 5.10 Å². The van der Waals surface area contributed by atoms with Gasteiger partial charge in [0.25, 0.3) is 11.8 Å². The normalized spacial score (nSPS) is 17.6. The Bertz CT molecular complexity index is 1110. The van der Waals surface area contributed by atoms with E-state index in [1.165, 1.54) is 0 Å². The molecule has 31 heavy (non-hydrogen) atoms. The molecule has 0 saturated carbocycles. The third-order valence-corrected chi connectivity index (χ3v) is 5.88. The molecule has 1 saturated heterocycles. The molecule has 0 aliphatic carbocycles. The number of hydrogen-bond acceptors (Lipinski definition) is 4. The molecule has 0 spiro atoms. The Morgan fingerprint density at radius 3 is 2.55 bits per heavy atom. The van der Waals surface area contributed by atoms with Crippen molar-refractivity contribution < 1.29 is 14.3 Å². The molecule has 1 fully saturated rings. The minimum Gasteiger partial charge on any atom is -0.480 e. The van der Waals surface area contributed by atoms with E-state index in [1.54, 1.807) is 6.92 Å². The number of rotatable bonds is 4. The number of carbonyl (C=O) groups is 2. The molecule has 1 aromatic heterocycles. The lowest BCUT2D eigenvalue weighted by Gasteiger charge is -2.40. The van der Waals surface area contributed by atoms with E-state index in [0.717, 1.165) is 16.6 Å². The molecular formula is C24H28N4O3. The van der Waals surface area contributed by atoms with Crippen LogP contribution in [0.25, 0.3) is 10.9 Å². The molecule has 2 heterocycles. The minimum atomic E-state index is -0.635. The van der Waals surface area contributed by atoms with Crippen LogP contribution < -0.4 is 4.74 Å². The van der Waals surface area contributed by atoms with Gasteiger partial charge in [-0.15, -0.1) is 0 Å². The van der Waals surface area contributed by atoms with Crippen molar-refractivity contribution >= 4 is 22.7 Å². The minimum absolute atomic E-state index is 0.00239. The Morgan fingerprint density at radius 1 is 1.10 bits per heavy atom. The Morgan fingerprint density at radius 2 is 1.84 bits per heavy atom. The Labute approximate surface area is 182 Å². The summed E-state index contributed by atoms with van der Waals surface area (Å²) in [4.78, 5) is 29.5. The Balaban J connectivity index is 1.44. The van der Waals surface area contributed by atoms with Crippen LogP contribution in [0.2, 0.25) is 0 Å². The molecular weight excluding hydrogens is 392 g/mol. The maximum Gasteiger partial charge on any atom is 0.263 e. The number of ether oxygens (including phenoxy) is 1. The van der Waals surface area contributed by atoms with Gasteiger partial charge in [-0.1, -0.05) is 24.3 Å². The smallest absolute Gasteiger partial charge is 0.263 e. The molecule has 2 unspecified atom stereocenters. The summed E-state index contributed by atoms with van der Waals surface area (Å²) in [6.07, 6.45) is -0.635. The average molecular weight is 421 g/mol. The van der Waals surface area contributed by atoms with Crippen molar-refractivity contribution in [3.63, 3.8) is 0 Å². The molecule has 7 heteroatoms. The molecule has 0 bridgehead atoms. The number of hydrogen-bond donors (Lipinski definition) is 0. The Kier molecular flexibility index (Phi) is 5.67. The van der Waals surface area contributed by atoms with Crippen molar-refractivity contribution in [1.82, 2.24) is 19.6 Å². The van der Waals surface area contributed by atoms with Crippen LogP contribution in [0.5, 0.6) is 5.75 Å². The fourth-order valence-corrected chi connectivity index (χ4v) is 4.29. The first-order chi connectivity index (χ1) is 14.9. The third kappa shape index (κ3) is 4.00. The molecule has 3 aromatic rings. The monoisotopic (exact) mass is 420 g/mol. The molecule has 1 aliphatic rings. The van der Waals surface area contributed by atoms with Crippen LogP contribution >= 0.6 is 0 Å². The number of amides is 2. The van der Waals surface area contributed by atoms with Gasteiger partial charge in [-0.25, -0.2) is 0 Å². The lowest BCUT2D eigenvalue weighted by Crippen LogP contribution is -2.57. The molecule has 2 aromatic carbocycles. The number of benzene rings is 2. The van der Waals surface area contributed by atoms with E-state index in [-0.39, 0.29) is 17.9 Å². The maximum atomic E-state index is 13.2. The lowest BCUT2D eigenvalue weighted by molar-refractivity contribution is -0.142. The molecule has 4 rings (SSSR count). The van der Waals surface area contributed by atoms with Crippen LogP contribution in [-0.4, -0.2) is 63.2 Å². The van der Waals surface area contributed by atoms with E-state index >= 15 is 0 Å². The van der Waals surface area contributed by atoms with Crippen LogP contribution in [0, 0.1) is 6.92 Å². The highest BCUT2D eigenvalue weighted by atomic mass is 16.5. The maximum absolute atomic E-state index is 13.2. The summed E-state index contributed by atoms with van der Waals surface area (Å²) in [5, 5.41) is 5.39. The van der Waals surface area contributed by atoms with Crippen LogP contribution in [0.3, 0.4) is 0 Å². The van der Waals surface area contributed by atoms with Gasteiger partial charge in [-0.05, 0) is 45.0 Å². The summed E-state index contributed by atoms with van der Waals surface area (Å²) in [6, 6.07) is 14.9. The van der Waals surface area contributed by atoms with Gasteiger partial charge in [-0.3, -0.25) is 14.3 Å². The number of aromatic nitrogens is 2. The van der Waals surface area contributed by atoms with Crippen molar-refractivity contribution in [1.29, 1.82) is 0 Å². The van der Waals surface area contributed by atoms with Crippen LogP contribution in [0.4, 0.5) is 0 Å². The van der Waals surface area contributed by atoms with Gasteiger partial charge < -0.3 is 14.5 Å². The van der Waals surface area contributed by atoms with E-state index in [1.807, 2.05) is 83.9 Å². The molecule has 1 aliphatic heterocycles. The topological polar surface area (TPSA) is 67.7 Å². The van der Waals surface area contributed by atoms with E-state index in [4.69, 9.17) is 4.74 Å². The highest BCUT2D eigenvalue weighted by Crippen LogP contribution is 2.29. The second kappa shape index (κ2) is 8.41. The molecule has 7 nitrogen and oxygen atoms in total. The zero-order valence-electron chi connectivity index (χ0n) is 18.4. The number of carbonyl (C=O) groups excluding carboxylic acids is 2. The summed E-state index contributed by atoms with van der Waals surface area (Å²) in [7, 11) is 1.89. The van der Waals surface area contributed by atoms with Gasteiger partial charge in [0.2, 0.25) is 0 Å². The predicted octanol–water partition coefficient (Wildman–Crippen LogP) is 3.02. The molecule has 0 radical (unpaired) electrons. The number of fused-ring (bicyclic) bond motifs is 1. The first kappa shape index (κ1) is 20.9. The van der Waals surface area contributed by atoms with Gasteiger partial charge in [0, 0.05) is 38.3 Å². The summed E-state index contributed by atoms with van der Waals surface area (Å²) >= 11 is 0. The zero-order valence-corrected chi connectivity index (χ0v) is 18.4. The van der Waals surface area contributed by atoms with Crippen LogP contribution in [0.15, 0.2) is 48.5 Å². The van der Waals surface area contributed by atoms with Crippen molar-refractivity contribution in [3.8, 4) is 5.75 Å². The summed E-state index contributed by atoms with van der Waals surface area (Å²) in [6.45, 7) is 7.19. The SMILES string of the molecule is Cc1nn(C)c2cccc(OC(C)C(=O)N3CCN(C(=O)c4ccccc4)CC3C)c12. The van der Waals surface area contributed by atoms with Crippen LogP contribution in [-0.2, 0) is 11.8 Å². The van der Waals surface area contributed by atoms with E-state index < -0.39 is 6.10 Å². The van der Waals surface area contributed by atoms with Gasteiger partial charge in [0.15, 0.2) is 6.10 Å². The zero-order chi connectivity index (χ0) is 22.1. The lowest BCUT2D eigenvalue weighted by atomic mass is 10.1. The van der Waals surface area contributed by atoms with Crippen molar-refractivity contribution in [2.75, 3.05) is 19.6 Å². The molecule has 2 amide bonds. The van der Waals surface area contributed by atoms with Gasteiger partial charge in [0.1, 0.15) is 5.75 Å². The first-order valence-electron chi connectivity index (χ1n) is 10.6. The van der Waals surface area contributed by atoms with Crippen molar-refractivity contribution in [2.24, 2.45) is 7.05 Å². The van der Waals surface area contributed by atoms with E-state index in [9.17, 15) is 9.59 Å². The molecule has 2 atom stereocenters. The molecule has 0 N–H and O–H groups in total. The van der Waals surface area contributed by atoms with Gasteiger partial charge >= 0.3 is 0 Å². The average Bonchev–Trinajstić information content (AvgIpc) is 3.07. The van der Waals surface area contributed by atoms with E-state index in [0.29, 0.717) is 30.9 Å². The summed E-state index contributed by atoms with van der Waals surface area (Å²) in [5.41, 5.74) is 2.51. The number of nitrogens with zero attached hydrogens (tertiary/aromatic N) is 4. The predicted molar refractivity (Wildman–Crippen MR) is 119 cm³/mol. The quantitative estimate of drug-likeness (QED) is 0.651. The first-order valence-corrected chi connectivity index (χ1v) is 10.6. The van der Waals surface area contributed by atoms with Crippen LogP contribution in [0.1, 0.15) is 29.9 Å². The largest absolute Gasteiger partial charge is 0.480 e. The summed E-state index contributed by atoms with van der Waals surface area (Å²) in [5.74, 6) is 0.593.